The standard InChI is InChI=1S/C12H12BrN3O3S/c1-8-10(13)3-4-11(15-8)16-20(18,19)12-5-2-9(7-17)6-14-12/h2-6,17H,7H2,1H3,(H,15,16). The predicted octanol–water partition coefficient (Wildman–Crippen LogP) is 1.84. The molecule has 2 aromatic rings. The second-order valence-corrected chi connectivity index (χ2v) is 6.52. The van der Waals surface area contributed by atoms with E-state index in [1.165, 1.54) is 18.3 Å². The molecule has 2 N–H and O–H groups in total. The van der Waals surface area contributed by atoms with E-state index >= 15 is 0 Å². The minimum Gasteiger partial charge on any atom is -0.392 e. The zero-order valence-corrected chi connectivity index (χ0v) is 12.9. The summed E-state index contributed by atoms with van der Waals surface area (Å²) in [5, 5.41) is 8.78. The van der Waals surface area contributed by atoms with Crippen molar-refractivity contribution in [2.75, 3.05) is 4.72 Å². The number of nitrogens with one attached hydrogen (secondary N) is 1. The first-order valence-electron chi connectivity index (χ1n) is 5.64. The molecule has 6 nitrogen and oxygen atoms in total. The van der Waals surface area contributed by atoms with E-state index in [1.807, 2.05) is 0 Å². The largest absolute Gasteiger partial charge is 0.392 e. The van der Waals surface area contributed by atoms with E-state index < -0.39 is 10.0 Å². The van der Waals surface area contributed by atoms with Crippen LogP contribution in [0.3, 0.4) is 0 Å². The highest BCUT2D eigenvalue weighted by Gasteiger charge is 2.16. The van der Waals surface area contributed by atoms with Crippen molar-refractivity contribution in [1.29, 1.82) is 0 Å². The number of hydrogen-bond acceptors (Lipinski definition) is 5. The molecule has 0 spiro atoms. The molecular weight excluding hydrogens is 346 g/mol. The summed E-state index contributed by atoms with van der Waals surface area (Å²) in [6, 6.07) is 6.10. The molecule has 0 aliphatic carbocycles. The Balaban J connectivity index is 2.27. The van der Waals surface area contributed by atoms with Crippen molar-refractivity contribution in [2.24, 2.45) is 0 Å². The van der Waals surface area contributed by atoms with Gasteiger partial charge in [0.05, 0.1) is 12.3 Å². The third-order valence-electron chi connectivity index (χ3n) is 2.52. The molecule has 2 heterocycles. The van der Waals surface area contributed by atoms with Crippen molar-refractivity contribution in [3.63, 3.8) is 0 Å². The molecule has 2 rings (SSSR count). The average Bonchev–Trinajstić information content (AvgIpc) is 2.43. The molecule has 20 heavy (non-hydrogen) atoms. The average molecular weight is 358 g/mol. The molecule has 0 aliphatic heterocycles. The van der Waals surface area contributed by atoms with Gasteiger partial charge in [-0.1, -0.05) is 6.07 Å². The second kappa shape index (κ2) is 5.86. The van der Waals surface area contributed by atoms with Crippen LogP contribution in [0.15, 0.2) is 40.0 Å². The number of nitrogens with zero attached hydrogens (tertiary/aromatic N) is 2. The van der Waals surface area contributed by atoms with Crippen LogP contribution in [-0.2, 0) is 16.6 Å². The minimum atomic E-state index is -3.79. The van der Waals surface area contributed by atoms with Crippen LogP contribution in [-0.4, -0.2) is 23.5 Å². The number of rotatable bonds is 4. The molecule has 106 valence electrons. The highest BCUT2D eigenvalue weighted by atomic mass is 79.9. The Bertz CT molecular complexity index is 717. The number of aryl methyl sites for hydroxylation is 1. The van der Waals surface area contributed by atoms with Crippen LogP contribution in [0.4, 0.5) is 5.82 Å². The van der Waals surface area contributed by atoms with Crippen LogP contribution in [0.25, 0.3) is 0 Å². The van der Waals surface area contributed by atoms with Gasteiger partial charge in [0.2, 0.25) is 0 Å². The molecule has 0 aliphatic rings. The van der Waals surface area contributed by atoms with Gasteiger partial charge in [-0.05, 0) is 46.6 Å². The van der Waals surface area contributed by atoms with Gasteiger partial charge in [-0.3, -0.25) is 4.72 Å². The fraction of sp³-hybridized carbons (Fsp3) is 0.167. The van der Waals surface area contributed by atoms with Crippen molar-refractivity contribution >= 4 is 31.8 Å². The predicted molar refractivity (Wildman–Crippen MR) is 77.6 cm³/mol. The Hall–Kier alpha value is -1.51. The van der Waals surface area contributed by atoms with Crippen LogP contribution < -0.4 is 4.72 Å². The molecule has 0 amide bonds. The highest BCUT2D eigenvalue weighted by Crippen LogP contribution is 2.18. The Morgan fingerprint density at radius 2 is 2.05 bits per heavy atom. The number of anilines is 1. The van der Waals surface area contributed by atoms with E-state index in [0.29, 0.717) is 11.3 Å². The molecule has 0 bridgehead atoms. The van der Waals surface area contributed by atoms with Gasteiger partial charge in [0.25, 0.3) is 10.0 Å². The van der Waals surface area contributed by atoms with Crippen LogP contribution in [0, 0.1) is 6.92 Å². The molecule has 0 saturated heterocycles. The summed E-state index contributed by atoms with van der Waals surface area (Å²) in [5.74, 6) is 0.221. The van der Waals surface area contributed by atoms with Crippen LogP contribution in [0.5, 0.6) is 0 Å². The second-order valence-electron chi connectivity index (χ2n) is 4.03. The van der Waals surface area contributed by atoms with Gasteiger partial charge in [0.1, 0.15) is 5.82 Å². The monoisotopic (exact) mass is 357 g/mol. The Morgan fingerprint density at radius 3 is 2.60 bits per heavy atom. The lowest BCUT2D eigenvalue weighted by Gasteiger charge is -2.08. The zero-order chi connectivity index (χ0) is 14.8. The van der Waals surface area contributed by atoms with E-state index in [2.05, 4.69) is 30.6 Å². The van der Waals surface area contributed by atoms with Crippen molar-refractivity contribution in [2.45, 2.75) is 18.6 Å². The van der Waals surface area contributed by atoms with E-state index in [1.54, 1.807) is 19.1 Å². The fourth-order valence-electron chi connectivity index (χ4n) is 1.45. The lowest BCUT2D eigenvalue weighted by atomic mass is 10.3. The maximum atomic E-state index is 12.1. The number of aromatic nitrogens is 2. The summed E-state index contributed by atoms with van der Waals surface area (Å²) in [7, 11) is -3.79. The Morgan fingerprint density at radius 1 is 1.30 bits per heavy atom. The topological polar surface area (TPSA) is 92.2 Å². The number of halogens is 1. The molecule has 0 atom stereocenters. The normalized spacial score (nSPS) is 11.3. The number of sulfonamides is 1. The zero-order valence-electron chi connectivity index (χ0n) is 10.5. The molecule has 0 fully saturated rings. The molecule has 2 aromatic heterocycles. The van der Waals surface area contributed by atoms with Crippen molar-refractivity contribution in [3.8, 4) is 0 Å². The number of aliphatic hydroxyl groups excluding tert-OH is 1. The van der Waals surface area contributed by atoms with Crippen molar-refractivity contribution in [1.82, 2.24) is 9.97 Å². The first-order valence-corrected chi connectivity index (χ1v) is 7.92. The van der Waals surface area contributed by atoms with E-state index in [9.17, 15) is 8.42 Å². The van der Waals surface area contributed by atoms with E-state index in [0.717, 1.165) is 4.47 Å². The van der Waals surface area contributed by atoms with Gasteiger partial charge in [-0.2, -0.15) is 8.42 Å². The molecule has 0 aromatic carbocycles. The van der Waals surface area contributed by atoms with Gasteiger partial charge >= 0.3 is 0 Å². The number of aliphatic hydroxyl groups is 1. The quantitative estimate of drug-likeness (QED) is 0.870. The third-order valence-corrected chi connectivity index (χ3v) is 4.62. The minimum absolute atomic E-state index is 0.128. The summed E-state index contributed by atoms with van der Waals surface area (Å²) in [6.45, 7) is 1.57. The van der Waals surface area contributed by atoms with Gasteiger partial charge in [-0.15, -0.1) is 0 Å². The van der Waals surface area contributed by atoms with Crippen molar-refractivity contribution in [3.05, 3.63) is 46.2 Å². The van der Waals surface area contributed by atoms with Crippen LogP contribution in [0.2, 0.25) is 0 Å². The third kappa shape index (κ3) is 3.33. The van der Waals surface area contributed by atoms with Gasteiger partial charge in [0, 0.05) is 10.7 Å². The summed E-state index contributed by atoms with van der Waals surface area (Å²) in [4.78, 5) is 7.92. The lowest BCUT2D eigenvalue weighted by Crippen LogP contribution is -2.15. The summed E-state index contributed by atoms with van der Waals surface area (Å²) in [6.07, 6.45) is 1.31. The van der Waals surface area contributed by atoms with Crippen molar-refractivity contribution < 1.29 is 13.5 Å². The Labute approximate surface area is 125 Å². The fourth-order valence-corrected chi connectivity index (χ4v) is 2.61. The van der Waals surface area contributed by atoms with Gasteiger partial charge < -0.3 is 5.11 Å². The smallest absolute Gasteiger partial charge is 0.280 e. The lowest BCUT2D eigenvalue weighted by molar-refractivity contribution is 0.281. The molecule has 0 unspecified atom stereocenters. The molecule has 0 saturated carbocycles. The Kier molecular flexibility index (Phi) is 4.36. The first-order chi connectivity index (χ1) is 9.42. The summed E-state index contributed by atoms with van der Waals surface area (Å²) in [5.41, 5.74) is 1.22. The first kappa shape index (κ1) is 14.9. The maximum Gasteiger partial charge on any atom is 0.280 e. The SMILES string of the molecule is Cc1nc(NS(=O)(=O)c2ccc(CO)cn2)ccc1Br. The van der Waals surface area contributed by atoms with Gasteiger partial charge in [0.15, 0.2) is 5.03 Å². The molecular formula is C12H12BrN3O3S. The molecule has 8 heteroatoms. The summed E-state index contributed by atoms with van der Waals surface area (Å²) < 4.78 is 27.4. The maximum absolute atomic E-state index is 12.1. The van der Waals surface area contributed by atoms with Crippen LogP contribution in [0.1, 0.15) is 11.3 Å². The highest BCUT2D eigenvalue weighted by molar-refractivity contribution is 9.10. The van der Waals surface area contributed by atoms with E-state index in [4.69, 9.17) is 5.11 Å². The van der Waals surface area contributed by atoms with Gasteiger partial charge in [-0.25, -0.2) is 9.97 Å². The number of hydrogen-bond donors (Lipinski definition) is 2. The summed E-state index contributed by atoms with van der Waals surface area (Å²) >= 11 is 3.29. The van der Waals surface area contributed by atoms with Crippen LogP contribution >= 0.6 is 15.9 Å². The molecule has 0 radical (unpaired) electrons. The number of pyridine rings is 2. The van der Waals surface area contributed by atoms with E-state index in [-0.39, 0.29) is 17.5 Å².